The number of benzene rings is 1. The highest BCUT2D eigenvalue weighted by Gasteiger charge is 2.13. The van der Waals surface area contributed by atoms with Gasteiger partial charge in [0.05, 0.1) is 27.2 Å². The molecule has 1 aromatic rings. The molecular formula is C12H12Cl3NO2. The van der Waals surface area contributed by atoms with Crippen LogP contribution in [0.2, 0.25) is 15.1 Å². The summed E-state index contributed by atoms with van der Waals surface area (Å²) >= 11 is 17.9. The summed E-state index contributed by atoms with van der Waals surface area (Å²) in [5.41, 5.74) is 0.646. The third-order valence-electron chi connectivity index (χ3n) is 2.28. The Bertz CT molecular complexity index is 463. The average molecular weight is 309 g/mol. The number of carbonyl (C=O) groups is 1. The zero-order valence-corrected chi connectivity index (χ0v) is 11.8. The second-order valence-corrected chi connectivity index (χ2v) is 4.82. The van der Waals surface area contributed by atoms with Gasteiger partial charge in [0.25, 0.3) is 0 Å². The molecule has 0 radical (unpaired) electrons. The van der Waals surface area contributed by atoms with Crippen LogP contribution in [0.5, 0.6) is 0 Å². The van der Waals surface area contributed by atoms with E-state index < -0.39 is 5.97 Å². The molecule has 0 aliphatic rings. The summed E-state index contributed by atoms with van der Waals surface area (Å²) in [5, 5.41) is 9.88. The summed E-state index contributed by atoms with van der Waals surface area (Å²) in [6.07, 6.45) is 1.67. The smallest absolute Gasteiger partial charge is 0.305 e. The summed E-state index contributed by atoms with van der Waals surface area (Å²) in [6, 6.07) is 3.16. The Morgan fingerprint density at radius 1 is 1.28 bits per heavy atom. The minimum absolute atomic E-state index is 0.00438. The van der Waals surface area contributed by atoms with Crippen molar-refractivity contribution in [2.45, 2.75) is 6.42 Å². The van der Waals surface area contributed by atoms with Gasteiger partial charge in [0.1, 0.15) is 0 Å². The van der Waals surface area contributed by atoms with E-state index in [1.54, 1.807) is 17.0 Å². The quantitative estimate of drug-likeness (QED) is 0.635. The monoisotopic (exact) mass is 307 g/mol. The van der Waals surface area contributed by atoms with E-state index in [9.17, 15) is 4.79 Å². The molecule has 0 fully saturated rings. The molecule has 0 unspecified atom stereocenters. The maximum atomic E-state index is 10.6. The molecule has 0 aromatic heterocycles. The first-order valence-corrected chi connectivity index (χ1v) is 6.31. The predicted octanol–water partition coefficient (Wildman–Crippen LogP) is 4.11. The predicted molar refractivity (Wildman–Crippen MR) is 76.1 cm³/mol. The number of anilines is 1. The van der Waals surface area contributed by atoms with Crippen molar-refractivity contribution < 1.29 is 9.90 Å². The van der Waals surface area contributed by atoms with Crippen LogP contribution in [0, 0.1) is 0 Å². The molecule has 18 heavy (non-hydrogen) atoms. The van der Waals surface area contributed by atoms with E-state index in [1.807, 2.05) is 0 Å². The maximum absolute atomic E-state index is 10.6. The van der Waals surface area contributed by atoms with Crippen LogP contribution in [0.3, 0.4) is 0 Å². The Morgan fingerprint density at radius 3 is 2.44 bits per heavy atom. The van der Waals surface area contributed by atoms with Gasteiger partial charge in [-0.2, -0.15) is 0 Å². The van der Waals surface area contributed by atoms with Gasteiger partial charge in [0.15, 0.2) is 0 Å². The number of hydrogen-bond acceptors (Lipinski definition) is 2. The standard InChI is InChI=1S/C12H12Cl3NO2/c1-2-4-16(5-3-12(17)18)11-7-9(14)8(13)6-10(11)15/h2,6-7H,1,3-5H2,(H,17,18). The van der Waals surface area contributed by atoms with Crippen molar-refractivity contribution in [3.63, 3.8) is 0 Å². The molecule has 0 aliphatic carbocycles. The van der Waals surface area contributed by atoms with Crippen LogP contribution < -0.4 is 4.90 Å². The van der Waals surface area contributed by atoms with Crippen molar-refractivity contribution in [1.29, 1.82) is 0 Å². The Labute approximate surface area is 121 Å². The molecule has 1 aromatic carbocycles. The summed E-state index contributed by atoms with van der Waals surface area (Å²) in [4.78, 5) is 12.4. The molecule has 0 aliphatic heterocycles. The van der Waals surface area contributed by atoms with Gasteiger partial charge in [0.2, 0.25) is 0 Å². The molecule has 1 N–H and O–H groups in total. The zero-order chi connectivity index (χ0) is 13.7. The minimum atomic E-state index is -0.875. The fourth-order valence-electron chi connectivity index (χ4n) is 1.45. The van der Waals surface area contributed by atoms with Gasteiger partial charge in [-0.25, -0.2) is 0 Å². The lowest BCUT2D eigenvalue weighted by Gasteiger charge is -2.24. The van der Waals surface area contributed by atoms with Crippen LogP contribution in [0.4, 0.5) is 5.69 Å². The molecule has 98 valence electrons. The van der Waals surface area contributed by atoms with Gasteiger partial charge in [0, 0.05) is 13.1 Å². The molecule has 1 rings (SSSR count). The van der Waals surface area contributed by atoms with Crippen LogP contribution in [0.15, 0.2) is 24.8 Å². The van der Waals surface area contributed by atoms with Crippen LogP contribution >= 0.6 is 34.8 Å². The molecule has 6 heteroatoms. The SMILES string of the molecule is C=CCN(CCC(=O)O)c1cc(Cl)c(Cl)cc1Cl. The Balaban J connectivity index is 3.00. The summed E-state index contributed by atoms with van der Waals surface area (Å²) < 4.78 is 0. The summed E-state index contributed by atoms with van der Waals surface area (Å²) in [6.45, 7) is 4.43. The van der Waals surface area contributed by atoms with Gasteiger partial charge in [-0.05, 0) is 12.1 Å². The van der Waals surface area contributed by atoms with E-state index in [4.69, 9.17) is 39.9 Å². The lowest BCUT2D eigenvalue weighted by molar-refractivity contribution is -0.136. The van der Waals surface area contributed by atoms with Gasteiger partial charge >= 0.3 is 5.97 Å². The molecule has 0 spiro atoms. The number of carboxylic acids is 1. The van der Waals surface area contributed by atoms with Crippen LogP contribution in [0.1, 0.15) is 6.42 Å². The van der Waals surface area contributed by atoms with E-state index in [0.29, 0.717) is 33.8 Å². The van der Waals surface area contributed by atoms with E-state index in [1.165, 1.54) is 6.07 Å². The fraction of sp³-hybridized carbons (Fsp3) is 0.250. The highest BCUT2D eigenvalue weighted by molar-refractivity contribution is 6.44. The second kappa shape index (κ2) is 6.88. The summed E-state index contributed by atoms with van der Waals surface area (Å²) in [7, 11) is 0. The Morgan fingerprint density at radius 2 is 1.89 bits per heavy atom. The number of rotatable bonds is 6. The minimum Gasteiger partial charge on any atom is -0.481 e. The zero-order valence-electron chi connectivity index (χ0n) is 9.50. The van der Waals surface area contributed by atoms with Crippen LogP contribution in [-0.2, 0) is 4.79 Å². The largest absolute Gasteiger partial charge is 0.481 e. The molecule has 0 saturated heterocycles. The van der Waals surface area contributed by atoms with Crippen molar-refractivity contribution in [2.75, 3.05) is 18.0 Å². The van der Waals surface area contributed by atoms with Crippen molar-refractivity contribution in [3.8, 4) is 0 Å². The molecule has 0 heterocycles. The van der Waals surface area contributed by atoms with Crippen LogP contribution in [-0.4, -0.2) is 24.2 Å². The van der Waals surface area contributed by atoms with Crippen LogP contribution in [0.25, 0.3) is 0 Å². The molecular weight excluding hydrogens is 296 g/mol. The molecule has 0 atom stereocenters. The molecule has 0 amide bonds. The first-order valence-electron chi connectivity index (χ1n) is 5.18. The number of aliphatic carboxylic acids is 1. The van der Waals surface area contributed by atoms with Gasteiger partial charge in [-0.3, -0.25) is 4.79 Å². The van der Waals surface area contributed by atoms with Crippen molar-refractivity contribution in [3.05, 3.63) is 39.9 Å². The topological polar surface area (TPSA) is 40.5 Å². The normalized spacial score (nSPS) is 10.2. The highest BCUT2D eigenvalue weighted by Crippen LogP contribution is 2.34. The fourth-order valence-corrected chi connectivity index (χ4v) is 2.11. The number of nitrogens with zero attached hydrogens (tertiary/aromatic N) is 1. The van der Waals surface area contributed by atoms with Crippen molar-refractivity contribution in [2.24, 2.45) is 0 Å². The molecule has 0 saturated carbocycles. The van der Waals surface area contributed by atoms with E-state index in [2.05, 4.69) is 6.58 Å². The first kappa shape index (κ1) is 15.2. The van der Waals surface area contributed by atoms with Crippen molar-refractivity contribution in [1.82, 2.24) is 0 Å². The second-order valence-electron chi connectivity index (χ2n) is 3.60. The van der Waals surface area contributed by atoms with Crippen molar-refractivity contribution >= 4 is 46.5 Å². The average Bonchev–Trinajstić information content (AvgIpc) is 2.29. The third-order valence-corrected chi connectivity index (χ3v) is 3.30. The highest BCUT2D eigenvalue weighted by atomic mass is 35.5. The lowest BCUT2D eigenvalue weighted by atomic mass is 10.2. The Kier molecular flexibility index (Phi) is 5.79. The summed E-state index contributed by atoms with van der Waals surface area (Å²) in [5.74, 6) is -0.875. The molecule has 3 nitrogen and oxygen atoms in total. The van der Waals surface area contributed by atoms with E-state index in [0.717, 1.165) is 0 Å². The number of halogens is 3. The Hall–Kier alpha value is -0.900. The number of carboxylic acid groups (broad SMARTS) is 1. The van der Waals surface area contributed by atoms with Gasteiger partial charge in [-0.1, -0.05) is 40.9 Å². The first-order chi connectivity index (χ1) is 8.45. The third kappa shape index (κ3) is 4.09. The maximum Gasteiger partial charge on any atom is 0.305 e. The van der Waals surface area contributed by atoms with E-state index >= 15 is 0 Å². The van der Waals surface area contributed by atoms with Gasteiger partial charge < -0.3 is 10.0 Å². The number of hydrogen-bond donors (Lipinski definition) is 1. The molecule has 0 bridgehead atoms. The van der Waals surface area contributed by atoms with Gasteiger partial charge in [-0.15, -0.1) is 6.58 Å². The lowest BCUT2D eigenvalue weighted by Crippen LogP contribution is -2.26. The van der Waals surface area contributed by atoms with E-state index in [-0.39, 0.29) is 6.42 Å².